The van der Waals surface area contributed by atoms with Gasteiger partial charge in [-0.15, -0.1) is 0 Å². The Balaban J connectivity index is 2.49. The fourth-order valence-corrected chi connectivity index (χ4v) is 2.56. The number of benzene rings is 1. The van der Waals surface area contributed by atoms with Crippen molar-refractivity contribution < 1.29 is 23.1 Å². The molecule has 1 N–H and O–H groups in total. The van der Waals surface area contributed by atoms with Gasteiger partial charge in [-0.05, 0) is 6.07 Å². The molecule has 0 saturated heterocycles. The average molecular weight is 318 g/mol. The van der Waals surface area contributed by atoms with Gasteiger partial charge < -0.3 is 9.67 Å². The fraction of sp³-hybridized carbons (Fsp3) is 0.231. The lowest BCUT2D eigenvalue weighted by molar-refractivity contribution is 0.0694. The van der Waals surface area contributed by atoms with E-state index in [-0.39, 0.29) is 11.9 Å². The minimum Gasteiger partial charge on any atom is -0.477 e. The molecule has 1 aliphatic carbocycles. The molecule has 21 heavy (non-hydrogen) atoms. The van der Waals surface area contributed by atoms with E-state index in [1.54, 1.807) is 0 Å². The van der Waals surface area contributed by atoms with Gasteiger partial charge in [-0.3, -0.25) is 4.79 Å². The molecule has 1 heterocycles. The predicted octanol–water partition coefficient (Wildman–Crippen LogP) is 2.91. The number of rotatable bonds is 2. The molecular formula is C13H7ClF3NO3. The van der Waals surface area contributed by atoms with Gasteiger partial charge in [0.25, 0.3) is 0 Å². The number of carbonyl (C=O) groups is 1. The number of alkyl halides is 1. The van der Waals surface area contributed by atoms with Crippen molar-refractivity contribution in [1.29, 1.82) is 0 Å². The van der Waals surface area contributed by atoms with Crippen LogP contribution in [0, 0.1) is 11.6 Å². The first-order valence-corrected chi connectivity index (χ1v) is 6.30. The van der Waals surface area contributed by atoms with Gasteiger partial charge in [0.15, 0.2) is 11.6 Å². The van der Waals surface area contributed by atoms with Crippen molar-refractivity contribution in [2.24, 2.45) is 0 Å². The Morgan fingerprint density at radius 2 is 2.05 bits per heavy atom. The maximum absolute atomic E-state index is 13.6. The van der Waals surface area contributed by atoms with Gasteiger partial charge in [0.1, 0.15) is 16.8 Å². The Hall–Kier alpha value is -2.02. The Kier molecular flexibility index (Phi) is 2.98. The van der Waals surface area contributed by atoms with Crippen LogP contribution in [0.4, 0.5) is 13.2 Å². The summed E-state index contributed by atoms with van der Waals surface area (Å²) in [5.74, 6) is -4.27. The van der Waals surface area contributed by atoms with Crippen LogP contribution >= 0.6 is 11.6 Å². The fourth-order valence-electron chi connectivity index (χ4n) is 2.27. The third-order valence-corrected chi connectivity index (χ3v) is 3.77. The number of hydrogen-bond donors (Lipinski definition) is 1. The van der Waals surface area contributed by atoms with Crippen LogP contribution in [0.15, 0.2) is 17.1 Å². The molecule has 0 bridgehead atoms. The number of carboxylic acids is 1. The minimum absolute atomic E-state index is 0.0896. The van der Waals surface area contributed by atoms with Crippen LogP contribution in [-0.4, -0.2) is 21.8 Å². The highest BCUT2D eigenvalue weighted by Crippen LogP contribution is 2.42. The number of nitrogens with zero attached hydrogens (tertiary/aromatic N) is 1. The van der Waals surface area contributed by atoms with Crippen molar-refractivity contribution in [2.45, 2.75) is 18.6 Å². The van der Waals surface area contributed by atoms with E-state index in [0.29, 0.717) is 6.07 Å². The smallest absolute Gasteiger partial charge is 0.341 e. The van der Waals surface area contributed by atoms with Crippen LogP contribution < -0.4 is 5.43 Å². The second kappa shape index (κ2) is 4.49. The van der Waals surface area contributed by atoms with Gasteiger partial charge in [0.2, 0.25) is 5.43 Å². The molecule has 2 aromatic rings. The van der Waals surface area contributed by atoms with E-state index >= 15 is 0 Å². The Morgan fingerprint density at radius 3 is 2.57 bits per heavy atom. The lowest BCUT2D eigenvalue weighted by Gasteiger charge is -2.13. The second-order valence-electron chi connectivity index (χ2n) is 4.79. The first kappa shape index (κ1) is 13.9. The number of aromatic carboxylic acids is 1. The van der Waals surface area contributed by atoms with Gasteiger partial charge in [-0.2, -0.15) is 0 Å². The Morgan fingerprint density at radius 1 is 1.43 bits per heavy atom. The molecule has 0 aliphatic heterocycles. The van der Waals surface area contributed by atoms with Crippen LogP contribution in [0.1, 0.15) is 22.8 Å². The third kappa shape index (κ3) is 1.99. The minimum atomic E-state index is -1.53. The predicted molar refractivity (Wildman–Crippen MR) is 68.6 cm³/mol. The van der Waals surface area contributed by atoms with Crippen molar-refractivity contribution in [3.8, 4) is 0 Å². The Bertz CT molecular complexity index is 849. The molecular weight excluding hydrogens is 311 g/mol. The molecule has 110 valence electrons. The zero-order chi connectivity index (χ0) is 15.5. The maximum Gasteiger partial charge on any atom is 0.341 e. The van der Waals surface area contributed by atoms with Gasteiger partial charge in [0, 0.05) is 12.6 Å². The molecule has 1 saturated carbocycles. The van der Waals surface area contributed by atoms with Crippen LogP contribution in [0.3, 0.4) is 0 Å². The summed E-state index contributed by atoms with van der Waals surface area (Å²) in [4.78, 5) is 23.1. The van der Waals surface area contributed by atoms with Crippen LogP contribution in [0.2, 0.25) is 5.02 Å². The summed E-state index contributed by atoms with van der Waals surface area (Å²) in [5.41, 5.74) is -1.84. The van der Waals surface area contributed by atoms with Gasteiger partial charge in [-0.25, -0.2) is 18.0 Å². The quantitative estimate of drug-likeness (QED) is 0.866. The number of hydrogen-bond acceptors (Lipinski definition) is 2. The SMILES string of the molecule is O=C(O)c1cn(C2CC2F)c2c(Cl)c(F)c(F)cc2c1=O. The summed E-state index contributed by atoms with van der Waals surface area (Å²) in [6, 6.07) is -0.161. The maximum atomic E-state index is 13.6. The topological polar surface area (TPSA) is 59.3 Å². The highest BCUT2D eigenvalue weighted by atomic mass is 35.5. The van der Waals surface area contributed by atoms with Crippen LogP contribution in [-0.2, 0) is 0 Å². The molecule has 0 amide bonds. The summed E-state index contributed by atoms with van der Waals surface area (Å²) < 4.78 is 41.4. The molecule has 1 aromatic heterocycles. The Labute approximate surface area is 120 Å². The van der Waals surface area contributed by atoms with E-state index in [1.807, 2.05) is 0 Å². The van der Waals surface area contributed by atoms with E-state index in [9.17, 15) is 22.8 Å². The van der Waals surface area contributed by atoms with E-state index < -0.39 is 51.2 Å². The summed E-state index contributed by atoms with van der Waals surface area (Å²) >= 11 is 5.72. The summed E-state index contributed by atoms with van der Waals surface area (Å²) in [5, 5.41) is 7.94. The lowest BCUT2D eigenvalue weighted by Crippen LogP contribution is -2.19. The molecule has 8 heteroatoms. The molecule has 2 atom stereocenters. The van der Waals surface area contributed by atoms with E-state index in [1.165, 1.54) is 0 Å². The van der Waals surface area contributed by atoms with Crippen molar-refractivity contribution in [3.05, 3.63) is 44.7 Å². The number of carboxylic acid groups (broad SMARTS) is 1. The molecule has 1 aliphatic rings. The number of pyridine rings is 1. The molecule has 1 fully saturated rings. The number of fused-ring (bicyclic) bond motifs is 1. The highest BCUT2D eigenvalue weighted by molar-refractivity contribution is 6.35. The van der Waals surface area contributed by atoms with Crippen LogP contribution in [0.25, 0.3) is 10.9 Å². The zero-order valence-corrected chi connectivity index (χ0v) is 11.0. The lowest BCUT2D eigenvalue weighted by atomic mass is 10.1. The van der Waals surface area contributed by atoms with Crippen LogP contribution in [0.5, 0.6) is 0 Å². The first-order chi connectivity index (χ1) is 9.82. The first-order valence-electron chi connectivity index (χ1n) is 5.92. The van der Waals surface area contributed by atoms with Crippen molar-refractivity contribution in [2.75, 3.05) is 0 Å². The normalized spacial score (nSPS) is 20.8. The standard InChI is InChI=1S/C13H7ClF3NO3/c14-9-10(17)7(16)1-4-11(9)18(8-2-6(8)15)3-5(12(4)19)13(20)21/h1,3,6,8H,2H2,(H,20,21). The average Bonchev–Trinajstić information content (AvgIpc) is 3.14. The van der Waals surface area contributed by atoms with E-state index in [2.05, 4.69) is 0 Å². The summed E-state index contributed by atoms with van der Waals surface area (Å²) in [6.45, 7) is 0. The third-order valence-electron chi connectivity index (χ3n) is 3.42. The monoisotopic (exact) mass is 317 g/mol. The second-order valence-corrected chi connectivity index (χ2v) is 5.16. The highest BCUT2D eigenvalue weighted by Gasteiger charge is 2.40. The van der Waals surface area contributed by atoms with Crippen molar-refractivity contribution in [3.63, 3.8) is 0 Å². The summed E-state index contributed by atoms with van der Waals surface area (Å²) in [6.07, 6.45) is -0.242. The molecule has 0 spiro atoms. The molecule has 1 aromatic carbocycles. The number of halogens is 4. The van der Waals surface area contributed by atoms with E-state index in [0.717, 1.165) is 10.8 Å². The van der Waals surface area contributed by atoms with Crippen molar-refractivity contribution >= 4 is 28.5 Å². The van der Waals surface area contributed by atoms with Crippen molar-refractivity contribution in [1.82, 2.24) is 4.57 Å². The molecule has 3 rings (SSSR count). The van der Waals surface area contributed by atoms with Gasteiger partial charge in [-0.1, -0.05) is 11.6 Å². The number of aromatic nitrogens is 1. The molecule has 4 nitrogen and oxygen atoms in total. The zero-order valence-electron chi connectivity index (χ0n) is 10.2. The van der Waals surface area contributed by atoms with E-state index in [4.69, 9.17) is 16.7 Å². The van der Waals surface area contributed by atoms with Gasteiger partial charge >= 0.3 is 5.97 Å². The van der Waals surface area contributed by atoms with Gasteiger partial charge in [0.05, 0.1) is 16.9 Å². The molecule has 2 unspecified atom stereocenters. The molecule has 0 radical (unpaired) electrons. The largest absolute Gasteiger partial charge is 0.477 e. The summed E-state index contributed by atoms with van der Waals surface area (Å²) in [7, 11) is 0.